The van der Waals surface area contributed by atoms with E-state index in [0.29, 0.717) is 45.0 Å². The van der Waals surface area contributed by atoms with Crippen molar-refractivity contribution in [3.05, 3.63) is 77.8 Å². The van der Waals surface area contributed by atoms with Gasteiger partial charge in [0.2, 0.25) is 5.91 Å². The zero-order chi connectivity index (χ0) is 22.8. The van der Waals surface area contributed by atoms with Crippen LogP contribution in [0.3, 0.4) is 0 Å². The van der Waals surface area contributed by atoms with E-state index in [1.165, 1.54) is 6.39 Å². The van der Waals surface area contributed by atoms with Crippen LogP contribution in [0.2, 0.25) is 0 Å². The average Bonchev–Trinajstić information content (AvgIpc) is 3.48. The lowest BCUT2D eigenvalue weighted by Crippen LogP contribution is -2.56. The highest BCUT2D eigenvalue weighted by Crippen LogP contribution is 2.33. The maximum Gasteiger partial charge on any atom is 0.276 e. The van der Waals surface area contributed by atoms with Gasteiger partial charge < -0.3 is 19.0 Å². The van der Waals surface area contributed by atoms with Gasteiger partial charge in [-0.1, -0.05) is 54.1 Å². The number of carbonyl (C=O) groups is 2. The Kier molecular flexibility index (Phi) is 5.72. The van der Waals surface area contributed by atoms with Gasteiger partial charge in [-0.15, -0.1) is 0 Å². The van der Waals surface area contributed by atoms with Crippen molar-refractivity contribution in [3.8, 4) is 11.3 Å². The predicted octanol–water partition coefficient (Wildman–Crippen LogP) is 3.68. The van der Waals surface area contributed by atoms with Gasteiger partial charge in [-0.25, -0.2) is 4.98 Å². The molecule has 5 rings (SSSR count). The van der Waals surface area contributed by atoms with Crippen LogP contribution in [0.25, 0.3) is 11.3 Å². The predicted molar refractivity (Wildman–Crippen MR) is 122 cm³/mol. The second-order valence-electron chi connectivity index (χ2n) is 8.87. The summed E-state index contributed by atoms with van der Waals surface area (Å²) in [6.07, 6.45) is 2.26. The molecule has 170 valence electrons. The van der Waals surface area contributed by atoms with Crippen molar-refractivity contribution in [2.75, 3.05) is 26.3 Å². The Hall–Kier alpha value is -3.45. The Morgan fingerprint density at radius 1 is 1.15 bits per heavy atom. The minimum absolute atomic E-state index is 0.0405. The molecule has 2 aliphatic rings. The van der Waals surface area contributed by atoms with Gasteiger partial charge in [0.05, 0.1) is 12.1 Å². The first kappa shape index (κ1) is 21.4. The van der Waals surface area contributed by atoms with Crippen LogP contribution in [0.15, 0.2) is 65.4 Å². The summed E-state index contributed by atoms with van der Waals surface area (Å²) < 4.78 is 11.4. The summed E-state index contributed by atoms with van der Waals surface area (Å²) in [4.78, 5) is 34.8. The fourth-order valence-corrected chi connectivity index (χ4v) is 4.82. The lowest BCUT2D eigenvalue weighted by Gasteiger charge is -2.40. The normalized spacial score (nSPS) is 20.9. The van der Waals surface area contributed by atoms with E-state index in [1.807, 2.05) is 66.4 Å². The highest BCUT2D eigenvalue weighted by molar-refractivity contribution is 5.98. The minimum Gasteiger partial charge on any atom is -0.443 e. The SMILES string of the molecule is Cc1cccc(-c2ocnc2C(=O)N2CCC(=O)N(Cc3ccccc3)C3(CCOC3)C2)c1. The van der Waals surface area contributed by atoms with E-state index in [1.54, 1.807) is 4.90 Å². The molecule has 7 heteroatoms. The zero-order valence-corrected chi connectivity index (χ0v) is 18.7. The van der Waals surface area contributed by atoms with E-state index < -0.39 is 5.54 Å². The fraction of sp³-hybridized carbons (Fsp3) is 0.346. The third kappa shape index (κ3) is 4.16. The molecule has 3 aromatic rings. The number of amides is 2. The Bertz CT molecular complexity index is 1150. The molecule has 1 atom stereocenters. The van der Waals surface area contributed by atoms with Gasteiger partial charge in [0.25, 0.3) is 5.91 Å². The van der Waals surface area contributed by atoms with Crippen LogP contribution in [0.4, 0.5) is 0 Å². The van der Waals surface area contributed by atoms with Crippen LogP contribution in [0.5, 0.6) is 0 Å². The summed E-state index contributed by atoms with van der Waals surface area (Å²) >= 11 is 0. The fourth-order valence-electron chi connectivity index (χ4n) is 4.82. The van der Waals surface area contributed by atoms with E-state index in [-0.39, 0.29) is 23.9 Å². The molecule has 2 saturated heterocycles. The summed E-state index contributed by atoms with van der Waals surface area (Å²) in [6.45, 7) is 4.23. The van der Waals surface area contributed by atoms with Crippen molar-refractivity contribution in [2.45, 2.75) is 31.8 Å². The topological polar surface area (TPSA) is 75.9 Å². The number of carbonyl (C=O) groups excluding carboxylic acids is 2. The molecular weight excluding hydrogens is 418 g/mol. The maximum atomic E-state index is 13.6. The van der Waals surface area contributed by atoms with Gasteiger partial charge in [0.1, 0.15) is 0 Å². The third-order valence-corrected chi connectivity index (χ3v) is 6.56. The molecular formula is C26H27N3O4. The molecule has 3 heterocycles. The Labute approximate surface area is 193 Å². The second kappa shape index (κ2) is 8.83. The quantitative estimate of drug-likeness (QED) is 0.612. The van der Waals surface area contributed by atoms with Crippen molar-refractivity contribution in [1.29, 1.82) is 0 Å². The standard InChI is InChI=1S/C26H27N3O4/c1-19-6-5-9-21(14-19)24-23(27-18-33-24)25(31)28-12-10-22(30)29(15-20-7-3-2-4-8-20)26(16-28)11-13-32-17-26/h2-9,14,18H,10-13,15-17H2,1H3. The Balaban J connectivity index is 1.45. The van der Waals surface area contributed by atoms with Crippen molar-refractivity contribution in [1.82, 2.24) is 14.8 Å². The van der Waals surface area contributed by atoms with Gasteiger partial charge in [0.15, 0.2) is 17.8 Å². The summed E-state index contributed by atoms with van der Waals surface area (Å²) in [6, 6.07) is 17.8. The lowest BCUT2D eigenvalue weighted by atomic mass is 9.94. The number of rotatable bonds is 4. The van der Waals surface area contributed by atoms with E-state index in [0.717, 1.165) is 16.7 Å². The highest BCUT2D eigenvalue weighted by atomic mass is 16.5. The molecule has 2 amide bonds. The molecule has 33 heavy (non-hydrogen) atoms. The van der Waals surface area contributed by atoms with Crippen molar-refractivity contribution >= 4 is 11.8 Å². The van der Waals surface area contributed by atoms with E-state index in [4.69, 9.17) is 9.15 Å². The van der Waals surface area contributed by atoms with Gasteiger partial charge in [-0.3, -0.25) is 9.59 Å². The number of oxazole rings is 1. The summed E-state index contributed by atoms with van der Waals surface area (Å²) in [5.41, 5.74) is 2.67. The van der Waals surface area contributed by atoms with E-state index in [9.17, 15) is 9.59 Å². The molecule has 2 aromatic carbocycles. The molecule has 1 unspecified atom stereocenters. The van der Waals surface area contributed by atoms with Crippen molar-refractivity contribution in [2.24, 2.45) is 0 Å². The van der Waals surface area contributed by atoms with Gasteiger partial charge in [-0.2, -0.15) is 0 Å². The first-order valence-electron chi connectivity index (χ1n) is 11.3. The number of aromatic nitrogens is 1. The molecule has 0 N–H and O–H groups in total. The molecule has 0 aliphatic carbocycles. The molecule has 0 bridgehead atoms. The third-order valence-electron chi connectivity index (χ3n) is 6.56. The lowest BCUT2D eigenvalue weighted by molar-refractivity contribution is -0.137. The Morgan fingerprint density at radius 2 is 2.00 bits per heavy atom. The molecule has 7 nitrogen and oxygen atoms in total. The molecule has 2 aliphatic heterocycles. The molecule has 1 spiro atoms. The van der Waals surface area contributed by atoms with E-state index in [2.05, 4.69) is 4.98 Å². The largest absolute Gasteiger partial charge is 0.443 e. The van der Waals surface area contributed by atoms with Crippen molar-refractivity contribution < 1.29 is 18.7 Å². The molecule has 0 saturated carbocycles. The highest BCUT2D eigenvalue weighted by Gasteiger charge is 2.47. The monoisotopic (exact) mass is 445 g/mol. The van der Waals surface area contributed by atoms with Crippen LogP contribution < -0.4 is 0 Å². The Morgan fingerprint density at radius 3 is 2.76 bits per heavy atom. The number of benzene rings is 2. The first-order chi connectivity index (χ1) is 16.1. The van der Waals surface area contributed by atoms with E-state index >= 15 is 0 Å². The zero-order valence-electron chi connectivity index (χ0n) is 18.7. The number of nitrogens with zero attached hydrogens (tertiary/aromatic N) is 3. The molecule has 2 fully saturated rings. The van der Waals surface area contributed by atoms with Crippen LogP contribution in [0.1, 0.15) is 34.5 Å². The second-order valence-corrected chi connectivity index (χ2v) is 8.87. The number of ether oxygens (including phenoxy) is 1. The van der Waals surface area contributed by atoms with Gasteiger partial charge in [0, 0.05) is 38.2 Å². The average molecular weight is 446 g/mol. The number of hydrogen-bond acceptors (Lipinski definition) is 5. The van der Waals surface area contributed by atoms with Crippen LogP contribution in [-0.2, 0) is 16.1 Å². The van der Waals surface area contributed by atoms with Crippen molar-refractivity contribution in [3.63, 3.8) is 0 Å². The summed E-state index contributed by atoms with van der Waals surface area (Å²) in [5.74, 6) is 0.275. The minimum atomic E-state index is -0.549. The van der Waals surface area contributed by atoms with Crippen LogP contribution in [0, 0.1) is 6.92 Å². The number of hydrogen-bond donors (Lipinski definition) is 0. The maximum absolute atomic E-state index is 13.6. The summed E-state index contributed by atoms with van der Waals surface area (Å²) in [5, 5.41) is 0. The van der Waals surface area contributed by atoms with Gasteiger partial charge in [-0.05, 0) is 25.0 Å². The summed E-state index contributed by atoms with van der Waals surface area (Å²) in [7, 11) is 0. The van der Waals surface area contributed by atoms with Crippen LogP contribution in [-0.4, -0.2) is 58.4 Å². The van der Waals surface area contributed by atoms with Crippen LogP contribution >= 0.6 is 0 Å². The smallest absolute Gasteiger partial charge is 0.276 e. The molecule has 1 aromatic heterocycles. The first-order valence-corrected chi connectivity index (χ1v) is 11.3. The number of aryl methyl sites for hydroxylation is 1. The van der Waals surface area contributed by atoms with Gasteiger partial charge >= 0.3 is 0 Å². The molecule has 0 radical (unpaired) electrons.